The number of likely N-dealkylation sites (tertiary alicyclic amines) is 1. The van der Waals surface area contributed by atoms with E-state index in [1.54, 1.807) is 7.11 Å². The molecule has 1 aliphatic heterocycles. The van der Waals surface area contributed by atoms with Crippen molar-refractivity contribution in [2.24, 2.45) is 5.73 Å². The summed E-state index contributed by atoms with van der Waals surface area (Å²) in [6, 6.07) is 8.51. The van der Waals surface area contributed by atoms with Crippen LogP contribution < -0.4 is 10.5 Å². The van der Waals surface area contributed by atoms with Crippen LogP contribution in [0.25, 0.3) is 0 Å². The molecule has 1 aromatic rings. The highest BCUT2D eigenvalue weighted by Gasteiger charge is 2.19. The van der Waals surface area contributed by atoms with Gasteiger partial charge < -0.3 is 10.5 Å². The van der Waals surface area contributed by atoms with Gasteiger partial charge in [-0.1, -0.05) is 18.2 Å². The maximum Gasteiger partial charge on any atom is 0.123 e. The number of nitrogens with two attached hydrogens (primary N) is 1. The van der Waals surface area contributed by atoms with E-state index >= 15 is 0 Å². The van der Waals surface area contributed by atoms with Gasteiger partial charge in [0.1, 0.15) is 5.75 Å². The molecule has 1 aliphatic rings. The molecular weight excluding hydrogens is 224 g/mol. The number of nitrogens with zero attached hydrogens (tertiary/aromatic N) is 1. The number of para-hydroxylation sites is 1. The molecular formula is C12H19ClN2O. The topological polar surface area (TPSA) is 38.5 Å². The van der Waals surface area contributed by atoms with E-state index in [1.807, 2.05) is 18.2 Å². The smallest absolute Gasteiger partial charge is 0.123 e. The Morgan fingerprint density at radius 2 is 2.19 bits per heavy atom. The minimum absolute atomic E-state index is 0. The lowest BCUT2D eigenvalue weighted by Crippen LogP contribution is -2.26. The average molecular weight is 243 g/mol. The van der Waals surface area contributed by atoms with Gasteiger partial charge in [0.15, 0.2) is 0 Å². The quantitative estimate of drug-likeness (QED) is 0.876. The highest BCUT2D eigenvalue weighted by molar-refractivity contribution is 5.85. The lowest BCUT2D eigenvalue weighted by molar-refractivity contribution is 0.317. The van der Waals surface area contributed by atoms with Crippen molar-refractivity contribution < 1.29 is 4.74 Å². The third-order valence-electron chi connectivity index (χ3n) is 2.90. The van der Waals surface area contributed by atoms with Gasteiger partial charge in [0.05, 0.1) is 7.11 Å². The van der Waals surface area contributed by atoms with Gasteiger partial charge in [-0.15, -0.1) is 12.4 Å². The first-order valence-electron chi connectivity index (χ1n) is 5.39. The van der Waals surface area contributed by atoms with Gasteiger partial charge in [0, 0.05) is 31.2 Å². The molecule has 0 aromatic heterocycles. The normalized spacial score (nSPS) is 20.5. The average Bonchev–Trinajstić information content (AvgIpc) is 2.65. The fourth-order valence-corrected chi connectivity index (χ4v) is 2.08. The van der Waals surface area contributed by atoms with Crippen LogP contribution in [0.1, 0.15) is 12.0 Å². The van der Waals surface area contributed by atoms with Crippen LogP contribution in [0.3, 0.4) is 0 Å². The van der Waals surface area contributed by atoms with Gasteiger partial charge in [0.2, 0.25) is 0 Å². The maximum atomic E-state index is 5.88. The molecule has 0 amide bonds. The monoisotopic (exact) mass is 242 g/mol. The minimum atomic E-state index is 0. The van der Waals surface area contributed by atoms with Crippen molar-refractivity contribution in [2.75, 3.05) is 20.2 Å². The van der Waals surface area contributed by atoms with E-state index < -0.39 is 0 Å². The summed E-state index contributed by atoms with van der Waals surface area (Å²) in [6.07, 6.45) is 1.11. The fourth-order valence-electron chi connectivity index (χ4n) is 2.08. The molecule has 16 heavy (non-hydrogen) atoms. The summed E-state index contributed by atoms with van der Waals surface area (Å²) in [6.45, 7) is 3.04. The number of hydrogen-bond acceptors (Lipinski definition) is 3. The van der Waals surface area contributed by atoms with Crippen LogP contribution in [0, 0.1) is 0 Å². The molecule has 1 heterocycles. The Balaban J connectivity index is 0.00000128. The van der Waals surface area contributed by atoms with Crippen molar-refractivity contribution >= 4 is 12.4 Å². The van der Waals surface area contributed by atoms with E-state index in [-0.39, 0.29) is 12.4 Å². The summed E-state index contributed by atoms with van der Waals surface area (Å²) in [5, 5.41) is 0. The molecule has 1 fully saturated rings. The summed E-state index contributed by atoms with van der Waals surface area (Å²) in [5.41, 5.74) is 7.12. The summed E-state index contributed by atoms with van der Waals surface area (Å²) < 4.78 is 5.32. The minimum Gasteiger partial charge on any atom is -0.496 e. The van der Waals surface area contributed by atoms with Gasteiger partial charge >= 0.3 is 0 Å². The van der Waals surface area contributed by atoms with Crippen molar-refractivity contribution in [1.29, 1.82) is 0 Å². The maximum absolute atomic E-state index is 5.88. The molecule has 0 bridgehead atoms. The first kappa shape index (κ1) is 13.3. The van der Waals surface area contributed by atoms with Gasteiger partial charge in [-0.25, -0.2) is 0 Å². The van der Waals surface area contributed by atoms with Crippen LogP contribution in [0.15, 0.2) is 24.3 Å². The Morgan fingerprint density at radius 3 is 2.81 bits per heavy atom. The van der Waals surface area contributed by atoms with E-state index in [9.17, 15) is 0 Å². The molecule has 0 radical (unpaired) electrons. The summed E-state index contributed by atoms with van der Waals surface area (Å²) in [5.74, 6) is 0.970. The first-order valence-corrected chi connectivity index (χ1v) is 5.39. The van der Waals surface area contributed by atoms with Gasteiger partial charge in [-0.05, 0) is 12.5 Å². The standard InChI is InChI=1S/C12H18N2O.ClH/c1-15-12-5-3-2-4-10(12)8-14-7-6-11(13)9-14;/h2-5,11H,6-9,13H2,1H3;1H. The second-order valence-corrected chi connectivity index (χ2v) is 4.10. The Hall–Kier alpha value is -0.770. The number of halogens is 1. The number of ether oxygens (including phenoxy) is 1. The fraction of sp³-hybridized carbons (Fsp3) is 0.500. The van der Waals surface area contributed by atoms with Gasteiger partial charge in [-0.2, -0.15) is 0 Å². The van der Waals surface area contributed by atoms with Gasteiger partial charge in [0.25, 0.3) is 0 Å². The number of benzene rings is 1. The molecule has 1 unspecified atom stereocenters. The molecule has 90 valence electrons. The molecule has 3 nitrogen and oxygen atoms in total. The largest absolute Gasteiger partial charge is 0.496 e. The SMILES string of the molecule is COc1ccccc1CN1CCC(N)C1.Cl. The number of methoxy groups -OCH3 is 1. The summed E-state index contributed by atoms with van der Waals surface area (Å²) in [4.78, 5) is 2.38. The highest BCUT2D eigenvalue weighted by atomic mass is 35.5. The van der Waals surface area contributed by atoms with Crippen molar-refractivity contribution in [3.63, 3.8) is 0 Å². The van der Waals surface area contributed by atoms with Gasteiger partial charge in [-0.3, -0.25) is 4.90 Å². The lowest BCUT2D eigenvalue weighted by atomic mass is 10.2. The van der Waals surface area contributed by atoms with Crippen molar-refractivity contribution in [2.45, 2.75) is 19.0 Å². The predicted molar refractivity (Wildman–Crippen MR) is 68.1 cm³/mol. The summed E-state index contributed by atoms with van der Waals surface area (Å²) in [7, 11) is 1.72. The van der Waals surface area contributed by atoms with Crippen LogP contribution in [0.4, 0.5) is 0 Å². The van der Waals surface area contributed by atoms with Crippen molar-refractivity contribution in [1.82, 2.24) is 4.90 Å². The third-order valence-corrected chi connectivity index (χ3v) is 2.90. The second kappa shape index (κ2) is 6.09. The zero-order valence-corrected chi connectivity index (χ0v) is 10.4. The number of rotatable bonds is 3. The van der Waals surface area contributed by atoms with Crippen LogP contribution in [0.5, 0.6) is 5.75 Å². The zero-order chi connectivity index (χ0) is 10.7. The Kier molecular flexibility index (Phi) is 5.06. The molecule has 2 rings (SSSR count). The molecule has 2 N–H and O–H groups in total. The Morgan fingerprint density at radius 1 is 1.44 bits per heavy atom. The Bertz CT molecular complexity index is 333. The first-order chi connectivity index (χ1) is 7.29. The van der Waals surface area contributed by atoms with E-state index in [0.29, 0.717) is 6.04 Å². The molecule has 1 aromatic carbocycles. The predicted octanol–water partition coefficient (Wildman–Crippen LogP) is 1.65. The van der Waals surface area contributed by atoms with Crippen LogP contribution in [-0.2, 0) is 6.54 Å². The molecule has 1 saturated heterocycles. The van der Waals surface area contributed by atoms with E-state index in [1.165, 1.54) is 5.56 Å². The molecule has 0 saturated carbocycles. The van der Waals surface area contributed by atoms with E-state index in [4.69, 9.17) is 10.5 Å². The van der Waals surface area contributed by atoms with Crippen LogP contribution >= 0.6 is 12.4 Å². The van der Waals surface area contributed by atoms with Crippen LogP contribution in [-0.4, -0.2) is 31.1 Å². The van der Waals surface area contributed by atoms with E-state index in [2.05, 4.69) is 11.0 Å². The Labute approximate surface area is 103 Å². The molecule has 1 atom stereocenters. The number of hydrogen-bond donors (Lipinski definition) is 1. The lowest BCUT2D eigenvalue weighted by Gasteiger charge is -2.16. The molecule has 0 spiro atoms. The zero-order valence-electron chi connectivity index (χ0n) is 9.56. The van der Waals surface area contributed by atoms with Crippen molar-refractivity contribution in [3.8, 4) is 5.75 Å². The highest BCUT2D eigenvalue weighted by Crippen LogP contribution is 2.20. The van der Waals surface area contributed by atoms with E-state index in [0.717, 1.165) is 31.8 Å². The third kappa shape index (κ3) is 3.11. The molecule has 0 aliphatic carbocycles. The molecule has 4 heteroatoms. The summed E-state index contributed by atoms with van der Waals surface area (Å²) >= 11 is 0. The van der Waals surface area contributed by atoms with Crippen molar-refractivity contribution in [3.05, 3.63) is 29.8 Å². The van der Waals surface area contributed by atoms with Crippen LogP contribution in [0.2, 0.25) is 0 Å². The second-order valence-electron chi connectivity index (χ2n) is 4.10.